The average Bonchev–Trinajstić information content (AvgIpc) is 2.67. The molecule has 1 aromatic rings. The highest BCUT2D eigenvalue weighted by molar-refractivity contribution is 14.1. The molecule has 1 aromatic heterocycles. The lowest BCUT2D eigenvalue weighted by molar-refractivity contribution is 0.104. The number of aromatic nitrogens is 1. The van der Waals surface area contributed by atoms with E-state index < -0.39 is 0 Å². The van der Waals surface area contributed by atoms with Crippen LogP contribution in [0.25, 0.3) is 0 Å². The van der Waals surface area contributed by atoms with Crippen LogP contribution in [0.15, 0.2) is 0 Å². The van der Waals surface area contributed by atoms with E-state index in [1.165, 1.54) is 33.1 Å². The van der Waals surface area contributed by atoms with Gasteiger partial charge in [-0.05, 0) is 64.4 Å². The second-order valence-corrected chi connectivity index (χ2v) is 7.55. The van der Waals surface area contributed by atoms with Crippen molar-refractivity contribution in [1.29, 1.82) is 0 Å². The number of nitrogens with zero attached hydrogens (tertiary/aromatic N) is 1. The Balaban J connectivity index is 2.19. The summed E-state index contributed by atoms with van der Waals surface area (Å²) in [5.41, 5.74) is 0. The van der Waals surface area contributed by atoms with Crippen LogP contribution in [0.2, 0.25) is 0 Å². The molecule has 0 aliphatic carbocycles. The Bertz CT molecular complexity index is 459. The zero-order valence-electron chi connectivity index (χ0n) is 12.4. The number of hydrogen-bond donors (Lipinski definition) is 0. The first-order chi connectivity index (χ1) is 9.58. The topological polar surface area (TPSA) is 23.4 Å². The van der Waals surface area contributed by atoms with Crippen LogP contribution in [-0.2, 0) is 6.54 Å². The molecule has 2 rings (SSSR count). The van der Waals surface area contributed by atoms with Gasteiger partial charge in [0.15, 0.2) is 11.5 Å². The van der Waals surface area contributed by atoms with Gasteiger partial charge in [-0.25, -0.2) is 0 Å². The molecule has 2 heterocycles. The van der Waals surface area contributed by atoms with Crippen LogP contribution in [-0.4, -0.2) is 17.3 Å². The van der Waals surface area contributed by atoms with Crippen molar-refractivity contribution in [3.8, 4) is 11.5 Å². The summed E-state index contributed by atoms with van der Waals surface area (Å²) < 4.78 is 16.6. The first-order valence-corrected chi connectivity index (χ1v) is 9.61. The van der Waals surface area contributed by atoms with Crippen LogP contribution in [0.5, 0.6) is 11.5 Å². The van der Waals surface area contributed by atoms with Crippen LogP contribution >= 0.6 is 45.2 Å². The fourth-order valence-electron chi connectivity index (χ4n) is 2.52. The van der Waals surface area contributed by atoms with Crippen molar-refractivity contribution in [3.05, 3.63) is 7.40 Å². The zero-order chi connectivity index (χ0) is 14.7. The predicted octanol–water partition coefficient (Wildman–Crippen LogP) is 5.07. The van der Waals surface area contributed by atoms with E-state index >= 15 is 0 Å². The number of fused-ring (bicyclic) bond motifs is 1. The van der Waals surface area contributed by atoms with Gasteiger partial charge in [0, 0.05) is 6.54 Å². The summed E-state index contributed by atoms with van der Waals surface area (Å²) in [5, 5.41) is 0. The first-order valence-electron chi connectivity index (χ1n) is 7.45. The zero-order valence-corrected chi connectivity index (χ0v) is 16.7. The van der Waals surface area contributed by atoms with Gasteiger partial charge in [0.1, 0.15) is 20.1 Å². The molecule has 0 amide bonds. The average molecular weight is 503 g/mol. The quantitative estimate of drug-likeness (QED) is 0.507. The smallest absolute Gasteiger partial charge is 0.194 e. The molecule has 5 heteroatoms. The number of ether oxygens (including phenoxy) is 2. The monoisotopic (exact) mass is 503 g/mol. The molecular weight excluding hydrogens is 480 g/mol. The van der Waals surface area contributed by atoms with Crippen molar-refractivity contribution in [2.75, 3.05) is 6.61 Å². The lowest BCUT2D eigenvalue weighted by Gasteiger charge is -2.21. The summed E-state index contributed by atoms with van der Waals surface area (Å²) in [5.74, 6) is 2.63. The molecule has 0 fully saturated rings. The lowest BCUT2D eigenvalue weighted by atomic mass is 9.99. The van der Waals surface area contributed by atoms with Crippen molar-refractivity contribution >= 4 is 45.2 Å². The molecule has 0 radical (unpaired) electrons. The van der Waals surface area contributed by atoms with E-state index in [0.717, 1.165) is 24.0 Å². The molecule has 2 atom stereocenters. The minimum absolute atomic E-state index is 0.143. The maximum Gasteiger partial charge on any atom is 0.194 e. The summed E-state index contributed by atoms with van der Waals surface area (Å²) in [6.07, 6.45) is 5.27. The molecule has 3 nitrogen and oxygen atoms in total. The number of hydrogen-bond acceptors (Lipinski definition) is 2. The Morgan fingerprint density at radius 3 is 2.60 bits per heavy atom. The molecule has 0 spiro atoms. The van der Waals surface area contributed by atoms with Gasteiger partial charge < -0.3 is 14.0 Å². The van der Waals surface area contributed by atoms with Crippen LogP contribution in [0.3, 0.4) is 0 Å². The molecule has 0 saturated carbocycles. The molecule has 20 heavy (non-hydrogen) atoms. The third-order valence-electron chi connectivity index (χ3n) is 3.82. The van der Waals surface area contributed by atoms with Crippen LogP contribution in [0.4, 0.5) is 0 Å². The summed E-state index contributed by atoms with van der Waals surface area (Å²) in [7, 11) is 0. The van der Waals surface area contributed by atoms with Crippen molar-refractivity contribution < 1.29 is 9.47 Å². The van der Waals surface area contributed by atoms with E-state index in [4.69, 9.17) is 9.47 Å². The Morgan fingerprint density at radius 1 is 1.25 bits per heavy atom. The highest BCUT2D eigenvalue weighted by atomic mass is 127. The maximum atomic E-state index is 5.96. The standard InChI is InChI=1S/C15H23I2NO2/c1-4-6-7-11(5-2)8-18-14(16)12-13(15(18)17)20-10(3)9-19-12/h10-11H,4-9H2,1-3H3. The number of halogens is 2. The third kappa shape index (κ3) is 3.56. The fraction of sp³-hybridized carbons (Fsp3) is 0.733. The highest BCUT2D eigenvalue weighted by Crippen LogP contribution is 2.43. The van der Waals surface area contributed by atoms with Crippen molar-refractivity contribution in [2.24, 2.45) is 5.92 Å². The Morgan fingerprint density at radius 2 is 1.95 bits per heavy atom. The number of unbranched alkanes of at least 4 members (excludes halogenated alkanes) is 1. The van der Waals surface area contributed by atoms with Crippen LogP contribution in [0.1, 0.15) is 46.5 Å². The van der Waals surface area contributed by atoms with E-state index in [1.807, 2.05) is 0 Å². The number of rotatable bonds is 6. The first kappa shape index (κ1) is 16.7. The van der Waals surface area contributed by atoms with Gasteiger partial charge >= 0.3 is 0 Å². The van der Waals surface area contributed by atoms with Gasteiger partial charge in [-0.1, -0.05) is 33.1 Å². The molecule has 1 aliphatic rings. The minimum atomic E-state index is 0.143. The molecule has 2 unspecified atom stereocenters. The van der Waals surface area contributed by atoms with Gasteiger partial charge in [-0.3, -0.25) is 0 Å². The summed E-state index contributed by atoms with van der Waals surface area (Å²) in [4.78, 5) is 0. The molecule has 0 N–H and O–H groups in total. The molecule has 0 aromatic carbocycles. The van der Waals surface area contributed by atoms with E-state index in [9.17, 15) is 0 Å². The Hall–Kier alpha value is 0.340. The van der Waals surface area contributed by atoms with Crippen molar-refractivity contribution in [2.45, 2.75) is 59.1 Å². The van der Waals surface area contributed by atoms with Crippen LogP contribution < -0.4 is 9.47 Å². The second kappa shape index (κ2) is 7.56. The molecule has 114 valence electrons. The van der Waals surface area contributed by atoms with Crippen molar-refractivity contribution in [1.82, 2.24) is 4.57 Å². The van der Waals surface area contributed by atoms with Gasteiger partial charge in [-0.15, -0.1) is 0 Å². The molecule has 1 aliphatic heterocycles. The van der Waals surface area contributed by atoms with Gasteiger partial charge in [0.25, 0.3) is 0 Å². The highest BCUT2D eigenvalue weighted by Gasteiger charge is 2.29. The van der Waals surface area contributed by atoms with E-state index in [1.54, 1.807) is 0 Å². The molecular formula is C15H23I2NO2. The molecule has 0 bridgehead atoms. The maximum absolute atomic E-state index is 5.96. The van der Waals surface area contributed by atoms with Gasteiger partial charge in [-0.2, -0.15) is 0 Å². The summed E-state index contributed by atoms with van der Waals surface area (Å²) >= 11 is 4.79. The predicted molar refractivity (Wildman–Crippen MR) is 98.8 cm³/mol. The summed E-state index contributed by atoms with van der Waals surface area (Å²) in [6.45, 7) is 8.33. The van der Waals surface area contributed by atoms with E-state index in [2.05, 4.69) is 70.5 Å². The SMILES string of the molecule is CCCCC(CC)Cn1c(I)c2c(c1I)OC(C)CO2. The third-order valence-corrected chi connectivity index (χ3v) is 5.96. The van der Waals surface area contributed by atoms with Crippen LogP contribution in [0, 0.1) is 13.3 Å². The lowest BCUT2D eigenvalue weighted by Crippen LogP contribution is -2.25. The van der Waals surface area contributed by atoms with Gasteiger partial charge in [0.05, 0.1) is 0 Å². The minimum Gasteiger partial charge on any atom is -0.483 e. The summed E-state index contributed by atoms with van der Waals surface area (Å²) in [6, 6.07) is 0. The van der Waals surface area contributed by atoms with Gasteiger partial charge in [0.2, 0.25) is 0 Å². The Labute approximate surface area is 149 Å². The normalized spacial score (nSPS) is 19.1. The Kier molecular flexibility index (Phi) is 6.31. The largest absolute Gasteiger partial charge is 0.483 e. The van der Waals surface area contributed by atoms with E-state index in [0.29, 0.717) is 6.61 Å². The fourth-order valence-corrected chi connectivity index (χ4v) is 4.63. The molecule has 0 saturated heterocycles. The second-order valence-electron chi connectivity index (χ2n) is 5.51. The van der Waals surface area contributed by atoms with E-state index in [-0.39, 0.29) is 6.10 Å². The van der Waals surface area contributed by atoms with Crippen molar-refractivity contribution in [3.63, 3.8) is 0 Å².